The van der Waals surface area contributed by atoms with E-state index in [1.807, 2.05) is 0 Å². The quantitative estimate of drug-likeness (QED) is 0.467. The molecule has 0 radical (unpaired) electrons. The van der Waals surface area contributed by atoms with Crippen molar-refractivity contribution in [3.05, 3.63) is 47.5 Å². The predicted molar refractivity (Wildman–Crippen MR) is 105 cm³/mol. The molecule has 2 unspecified atom stereocenters. The molecule has 1 nitrogen and oxygen atoms in total. The topological polar surface area (TPSA) is 13.1 Å². The summed E-state index contributed by atoms with van der Waals surface area (Å²) in [7, 11) is 0. The van der Waals surface area contributed by atoms with E-state index in [-0.39, 0.29) is 0 Å². The van der Waals surface area contributed by atoms with Crippen LogP contribution in [0, 0.1) is 24.7 Å². The second-order valence-corrected chi connectivity index (χ2v) is 9.22. The Bertz CT molecular complexity index is 928. The molecule has 0 aliphatic heterocycles. The lowest BCUT2D eigenvalue weighted by molar-refractivity contribution is 0.0784. The van der Waals surface area contributed by atoms with E-state index in [1.165, 1.54) is 54.0 Å². The number of fused-ring (bicyclic) bond motifs is 5. The largest absolute Gasteiger partial charge is 0.456 e. The average molecular weight is 332 g/mol. The highest BCUT2D eigenvalue weighted by atomic mass is 16.3. The first kappa shape index (κ1) is 15.5. The summed E-state index contributed by atoms with van der Waals surface area (Å²) in [5.74, 6) is 2.55. The van der Waals surface area contributed by atoms with E-state index in [0.717, 1.165) is 28.9 Å². The van der Waals surface area contributed by atoms with Crippen molar-refractivity contribution >= 4 is 21.9 Å². The predicted octanol–water partition coefficient (Wildman–Crippen LogP) is 7.00. The third-order valence-electron chi connectivity index (χ3n) is 6.85. The fourth-order valence-corrected chi connectivity index (χ4v) is 6.36. The Morgan fingerprint density at radius 2 is 1.68 bits per heavy atom. The van der Waals surface area contributed by atoms with Crippen LogP contribution in [-0.4, -0.2) is 0 Å². The maximum atomic E-state index is 6.47. The SMILES string of the molecule is Cc1ccc2c(c1)oc1c(C34CC(C[C@@H](C)C3)C[C@H](C)C4)cccc12. The first-order chi connectivity index (χ1) is 12.0. The van der Waals surface area contributed by atoms with Crippen LogP contribution in [0.5, 0.6) is 0 Å². The molecule has 4 atom stereocenters. The van der Waals surface area contributed by atoms with E-state index in [4.69, 9.17) is 4.42 Å². The maximum Gasteiger partial charge on any atom is 0.139 e. The van der Waals surface area contributed by atoms with Gasteiger partial charge in [0.05, 0.1) is 0 Å². The fourth-order valence-electron chi connectivity index (χ4n) is 6.36. The number of hydrogen-bond donors (Lipinski definition) is 0. The summed E-state index contributed by atoms with van der Waals surface area (Å²) in [6.45, 7) is 7.06. The molecule has 2 saturated carbocycles. The van der Waals surface area contributed by atoms with E-state index in [9.17, 15) is 0 Å². The van der Waals surface area contributed by atoms with Crippen LogP contribution in [0.1, 0.15) is 57.1 Å². The van der Waals surface area contributed by atoms with E-state index in [2.05, 4.69) is 57.2 Å². The Labute approximate surface area is 150 Å². The van der Waals surface area contributed by atoms with Gasteiger partial charge in [0.15, 0.2) is 0 Å². The van der Waals surface area contributed by atoms with Crippen LogP contribution in [0.4, 0.5) is 0 Å². The van der Waals surface area contributed by atoms with Crippen molar-refractivity contribution in [1.82, 2.24) is 0 Å². The monoisotopic (exact) mass is 332 g/mol. The van der Waals surface area contributed by atoms with Gasteiger partial charge in [-0.05, 0) is 73.8 Å². The summed E-state index contributed by atoms with van der Waals surface area (Å²) in [4.78, 5) is 0. The van der Waals surface area contributed by atoms with Gasteiger partial charge in [-0.2, -0.15) is 0 Å². The standard InChI is InChI=1S/C24H28O/c1-15-7-8-19-20-5-4-6-21(23(20)25-22(19)11-15)24-12-16(2)9-18(14-24)10-17(3)13-24/h4-8,11,16-18H,9-10,12-14H2,1-3H3/t16-,17+,18?,24?. The van der Waals surface area contributed by atoms with Crippen LogP contribution < -0.4 is 0 Å². The molecule has 2 aliphatic rings. The van der Waals surface area contributed by atoms with Crippen LogP contribution in [0.3, 0.4) is 0 Å². The highest BCUT2D eigenvalue weighted by Crippen LogP contribution is 2.55. The van der Waals surface area contributed by atoms with Crippen LogP contribution >= 0.6 is 0 Å². The molecule has 2 bridgehead atoms. The lowest BCUT2D eigenvalue weighted by Crippen LogP contribution is -2.42. The van der Waals surface area contributed by atoms with Gasteiger partial charge in [0.2, 0.25) is 0 Å². The van der Waals surface area contributed by atoms with Crippen molar-refractivity contribution in [1.29, 1.82) is 0 Å². The smallest absolute Gasteiger partial charge is 0.139 e. The van der Waals surface area contributed by atoms with Gasteiger partial charge in [-0.25, -0.2) is 0 Å². The van der Waals surface area contributed by atoms with Crippen molar-refractivity contribution in [2.24, 2.45) is 17.8 Å². The molecular weight excluding hydrogens is 304 g/mol. The number of para-hydroxylation sites is 1. The molecule has 2 fully saturated rings. The van der Waals surface area contributed by atoms with Crippen LogP contribution in [0.25, 0.3) is 21.9 Å². The second-order valence-electron chi connectivity index (χ2n) is 9.22. The highest BCUT2D eigenvalue weighted by molar-refractivity contribution is 6.06. The molecular formula is C24H28O. The zero-order valence-corrected chi connectivity index (χ0v) is 15.6. The molecule has 1 aromatic heterocycles. The molecule has 130 valence electrons. The minimum absolute atomic E-state index is 0.322. The summed E-state index contributed by atoms with van der Waals surface area (Å²) in [6.07, 6.45) is 6.84. The second kappa shape index (κ2) is 5.37. The molecule has 5 rings (SSSR count). The van der Waals surface area contributed by atoms with Gasteiger partial charge < -0.3 is 4.42 Å². The normalized spacial score (nSPS) is 32.4. The van der Waals surface area contributed by atoms with Gasteiger partial charge in [0.1, 0.15) is 11.2 Å². The molecule has 1 heterocycles. The lowest BCUT2D eigenvalue weighted by atomic mass is 9.54. The number of rotatable bonds is 1. The van der Waals surface area contributed by atoms with Gasteiger partial charge in [-0.3, -0.25) is 0 Å². The first-order valence-corrected chi connectivity index (χ1v) is 9.96. The Kier molecular flexibility index (Phi) is 3.33. The third-order valence-corrected chi connectivity index (χ3v) is 6.85. The third kappa shape index (κ3) is 2.35. The highest BCUT2D eigenvalue weighted by Gasteiger charge is 2.46. The van der Waals surface area contributed by atoms with Gasteiger partial charge in [-0.1, -0.05) is 44.2 Å². The molecule has 0 amide bonds. The summed E-state index contributed by atoms with van der Waals surface area (Å²) < 4.78 is 6.47. The van der Waals surface area contributed by atoms with Crippen molar-refractivity contribution in [2.75, 3.05) is 0 Å². The Morgan fingerprint density at radius 3 is 2.44 bits per heavy atom. The minimum Gasteiger partial charge on any atom is -0.456 e. The fraction of sp³-hybridized carbons (Fsp3) is 0.500. The molecule has 0 saturated heterocycles. The van der Waals surface area contributed by atoms with Crippen LogP contribution in [0.2, 0.25) is 0 Å². The summed E-state index contributed by atoms with van der Waals surface area (Å²) >= 11 is 0. The molecule has 0 N–H and O–H groups in total. The van der Waals surface area contributed by atoms with Gasteiger partial charge in [0.25, 0.3) is 0 Å². The Morgan fingerprint density at radius 1 is 0.920 bits per heavy atom. The van der Waals surface area contributed by atoms with Crippen molar-refractivity contribution in [2.45, 2.75) is 58.3 Å². The van der Waals surface area contributed by atoms with Gasteiger partial charge in [0, 0.05) is 16.3 Å². The van der Waals surface area contributed by atoms with Crippen molar-refractivity contribution < 1.29 is 4.42 Å². The van der Waals surface area contributed by atoms with Gasteiger partial charge in [-0.15, -0.1) is 0 Å². The van der Waals surface area contributed by atoms with E-state index < -0.39 is 0 Å². The minimum atomic E-state index is 0.322. The molecule has 0 spiro atoms. The summed E-state index contributed by atoms with van der Waals surface area (Å²) in [5, 5.41) is 2.57. The zero-order chi connectivity index (χ0) is 17.2. The lowest BCUT2D eigenvalue weighted by Gasteiger charge is -2.50. The average Bonchev–Trinajstić information content (AvgIpc) is 2.90. The molecule has 3 aromatic rings. The number of hydrogen-bond acceptors (Lipinski definition) is 1. The van der Waals surface area contributed by atoms with E-state index in [0.29, 0.717) is 5.41 Å². The van der Waals surface area contributed by atoms with E-state index >= 15 is 0 Å². The zero-order valence-electron chi connectivity index (χ0n) is 15.6. The number of benzene rings is 2. The van der Waals surface area contributed by atoms with Crippen molar-refractivity contribution in [3.63, 3.8) is 0 Å². The number of furan rings is 1. The number of aryl methyl sites for hydroxylation is 1. The van der Waals surface area contributed by atoms with E-state index in [1.54, 1.807) is 0 Å². The van der Waals surface area contributed by atoms with Crippen LogP contribution in [-0.2, 0) is 5.41 Å². The van der Waals surface area contributed by atoms with Crippen molar-refractivity contribution in [3.8, 4) is 0 Å². The molecule has 25 heavy (non-hydrogen) atoms. The van der Waals surface area contributed by atoms with Gasteiger partial charge >= 0.3 is 0 Å². The summed E-state index contributed by atoms with van der Waals surface area (Å²) in [5.41, 5.74) is 5.28. The molecule has 2 aliphatic carbocycles. The van der Waals surface area contributed by atoms with Crippen LogP contribution in [0.15, 0.2) is 40.8 Å². The molecule has 1 heteroatoms. The first-order valence-electron chi connectivity index (χ1n) is 9.96. The molecule has 2 aromatic carbocycles. The Balaban J connectivity index is 1.75. The maximum absolute atomic E-state index is 6.47. The Hall–Kier alpha value is -1.76. The summed E-state index contributed by atoms with van der Waals surface area (Å²) in [6, 6.07) is 13.5.